The second kappa shape index (κ2) is 9.80. The van der Waals surface area contributed by atoms with Crippen LogP contribution in [0.5, 0.6) is 0 Å². The zero-order valence-electron chi connectivity index (χ0n) is 15.8. The van der Waals surface area contributed by atoms with E-state index in [4.69, 9.17) is 17.3 Å². The van der Waals surface area contributed by atoms with Crippen LogP contribution >= 0.6 is 24.0 Å². The van der Waals surface area contributed by atoms with Gasteiger partial charge >= 0.3 is 0 Å². The van der Waals surface area contributed by atoms with E-state index >= 15 is 0 Å². The molecule has 1 fully saturated rings. The SMILES string of the molecule is CN(C(=O)c1ccc(NC(=O)c2cccc(N)c2)cc1Cl)C1CCCCC1.Cl. The predicted octanol–water partition coefficient (Wildman–Crippen LogP) is 5.00. The van der Waals surface area contributed by atoms with Crippen molar-refractivity contribution in [2.24, 2.45) is 0 Å². The summed E-state index contributed by atoms with van der Waals surface area (Å²) in [4.78, 5) is 26.9. The van der Waals surface area contributed by atoms with Crippen molar-refractivity contribution >= 4 is 47.2 Å². The Labute approximate surface area is 176 Å². The minimum Gasteiger partial charge on any atom is -0.399 e. The van der Waals surface area contributed by atoms with E-state index in [0.29, 0.717) is 27.5 Å². The summed E-state index contributed by atoms with van der Waals surface area (Å²) < 4.78 is 0. The first-order valence-electron chi connectivity index (χ1n) is 9.19. The molecule has 2 aromatic rings. The van der Waals surface area contributed by atoms with Crippen LogP contribution in [-0.2, 0) is 0 Å². The zero-order valence-corrected chi connectivity index (χ0v) is 17.4. The molecule has 1 aliphatic rings. The first kappa shape index (κ1) is 22.1. The van der Waals surface area contributed by atoms with E-state index in [2.05, 4.69) is 5.32 Å². The van der Waals surface area contributed by atoms with Gasteiger partial charge < -0.3 is 16.0 Å². The van der Waals surface area contributed by atoms with Crippen molar-refractivity contribution in [3.8, 4) is 0 Å². The quantitative estimate of drug-likeness (QED) is 0.681. The molecule has 0 unspecified atom stereocenters. The number of carbonyl (C=O) groups is 2. The van der Waals surface area contributed by atoms with Crippen LogP contribution in [0.3, 0.4) is 0 Å². The minimum absolute atomic E-state index is 0. The molecule has 3 N–H and O–H groups in total. The van der Waals surface area contributed by atoms with E-state index in [0.717, 1.165) is 25.7 Å². The summed E-state index contributed by atoms with van der Waals surface area (Å²) in [6, 6.07) is 12.0. The van der Waals surface area contributed by atoms with E-state index in [1.54, 1.807) is 47.4 Å². The first-order valence-corrected chi connectivity index (χ1v) is 9.57. The Balaban J connectivity index is 0.00000280. The van der Waals surface area contributed by atoms with Crippen molar-refractivity contribution in [1.82, 2.24) is 4.90 Å². The third kappa shape index (κ3) is 5.18. The van der Waals surface area contributed by atoms with E-state index < -0.39 is 0 Å². The normalized spacial score (nSPS) is 14.1. The van der Waals surface area contributed by atoms with Crippen molar-refractivity contribution < 1.29 is 9.59 Å². The molecule has 5 nitrogen and oxygen atoms in total. The summed E-state index contributed by atoms with van der Waals surface area (Å²) in [5.41, 5.74) is 7.68. The van der Waals surface area contributed by atoms with Gasteiger partial charge in [0.15, 0.2) is 0 Å². The molecule has 0 atom stereocenters. The Hall–Kier alpha value is -2.24. The van der Waals surface area contributed by atoms with Gasteiger partial charge in [-0.25, -0.2) is 0 Å². The molecule has 0 saturated heterocycles. The lowest BCUT2D eigenvalue weighted by Crippen LogP contribution is -2.38. The van der Waals surface area contributed by atoms with Crippen molar-refractivity contribution in [2.45, 2.75) is 38.1 Å². The summed E-state index contributed by atoms with van der Waals surface area (Å²) in [6.45, 7) is 0. The number of benzene rings is 2. The van der Waals surface area contributed by atoms with Gasteiger partial charge in [-0.15, -0.1) is 12.4 Å². The molecule has 3 rings (SSSR count). The van der Waals surface area contributed by atoms with Crippen LogP contribution in [-0.4, -0.2) is 29.8 Å². The van der Waals surface area contributed by atoms with Gasteiger partial charge in [-0.1, -0.05) is 36.9 Å². The average Bonchev–Trinajstić information content (AvgIpc) is 2.67. The Kier molecular flexibility index (Phi) is 7.72. The van der Waals surface area contributed by atoms with E-state index in [-0.39, 0.29) is 30.3 Å². The van der Waals surface area contributed by atoms with Gasteiger partial charge in [0, 0.05) is 30.0 Å². The van der Waals surface area contributed by atoms with Crippen molar-refractivity contribution in [1.29, 1.82) is 0 Å². The maximum atomic E-state index is 12.8. The second-order valence-corrected chi connectivity index (χ2v) is 7.39. The number of nitrogens with zero attached hydrogens (tertiary/aromatic N) is 1. The Bertz CT molecular complexity index is 851. The van der Waals surface area contributed by atoms with Crippen LogP contribution in [0.15, 0.2) is 42.5 Å². The van der Waals surface area contributed by atoms with Gasteiger partial charge in [0.1, 0.15) is 0 Å². The van der Waals surface area contributed by atoms with Gasteiger partial charge in [-0.2, -0.15) is 0 Å². The summed E-state index contributed by atoms with van der Waals surface area (Å²) in [6.07, 6.45) is 5.62. The first-order chi connectivity index (χ1) is 13.0. The number of hydrogen-bond donors (Lipinski definition) is 2. The van der Waals surface area contributed by atoms with Gasteiger partial charge in [0.25, 0.3) is 11.8 Å². The number of nitrogen functional groups attached to an aromatic ring is 1. The van der Waals surface area contributed by atoms with E-state index in [1.165, 1.54) is 6.42 Å². The van der Waals surface area contributed by atoms with Gasteiger partial charge in [0.05, 0.1) is 10.6 Å². The predicted molar refractivity (Wildman–Crippen MR) is 116 cm³/mol. The maximum Gasteiger partial charge on any atom is 0.255 e. The molecule has 1 saturated carbocycles. The lowest BCUT2D eigenvalue weighted by Gasteiger charge is -2.31. The zero-order chi connectivity index (χ0) is 19.4. The highest BCUT2D eigenvalue weighted by atomic mass is 35.5. The molecular weight excluding hydrogens is 397 g/mol. The number of amides is 2. The molecule has 2 amide bonds. The second-order valence-electron chi connectivity index (χ2n) is 6.98. The minimum atomic E-state index is -0.281. The number of carbonyl (C=O) groups excluding carboxylic acids is 2. The largest absolute Gasteiger partial charge is 0.399 e. The topological polar surface area (TPSA) is 75.4 Å². The molecule has 0 radical (unpaired) electrons. The van der Waals surface area contributed by atoms with Crippen LogP contribution in [0.4, 0.5) is 11.4 Å². The standard InChI is InChI=1S/C21H24ClN3O2.ClH/c1-25(17-8-3-2-4-9-17)21(27)18-11-10-16(13-19(18)22)24-20(26)14-6-5-7-15(23)12-14;/h5-7,10-13,17H,2-4,8-9,23H2,1H3,(H,24,26);1H. The van der Waals surface area contributed by atoms with E-state index in [9.17, 15) is 9.59 Å². The molecule has 0 bridgehead atoms. The fraction of sp³-hybridized carbons (Fsp3) is 0.333. The highest BCUT2D eigenvalue weighted by Crippen LogP contribution is 2.27. The summed E-state index contributed by atoms with van der Waals surface area (Å²) in [7, 11) is 1.84. The van der Waals surface area contributed by atoms with Gasteiger partial charge in [0.2, 0.25) is 0 Å². The van der Waals surface area contributed by atoms with Crippen LogP contribution in [0, 0.1) is 0 Å². The Morgan fingerprint density at radius 3 is 2.46 bits per heavy atom. The highest BCUT2D eigenvalue weighted by Gasteiger charge is 2.24. The molecule has 0 spiro atoms. The summed E-state index contributed by atoms with van der Waals surface area (Å²) in [5, 5.41) is 3.11. The lowest BCUT2D eigenvalue weighted by molar-refractivity contribution is 0.0696. The van der Waals surface area contributed by atoms with Gasteiger partial charge in [-0.05, 0) is 49.2 Å². The number of rotatable bonds is 4. The number of nitrogens with two attached hydrogens (primary N) is 1. The molecule has 0 aliphatic heterocycles. The van der Waals surface area contributed by atoms with Crippen molar-refractivity contribution in [2.75, 3.05) is 18.1 Å². The third-order valence-electron chi connectivity index (χ3n) is 5.05. The molecule has 2 aromatic carbocycles. The molecule has 0 aromatic heterocycles. The maximum absolute atomic E-state index is 12.8. The van der Waals surface area contributed by atoms with Crippen LogP contribution in [0.1, 0.15) is 52.8 Å². The fourth-order valence-corrected chi connectivity index (χ4v) is 3.74. The molecule has 1 aliphatic carbocycles. The number of anilines is 2. The number of nitrogens with one attached hydrogen (secondary N) is 1. The molecular formula is C21H25Cl2N3O2. The number of hydrogen-bond acceptors (Lipinski definition) is 3. The molecule has 7 heteroatoms. The van der Waals surface area contributed by atoms with Crippen LogP contribution < -0.4 is 11.1 Å². The van der Waals surface area contributed by atoms with Gasteiger partial charge in [-0.3, -0.25) is 9.59 Å². The fourth-order valence-electron chi connectivity index (χ4n) is 3.47. The average molecular weight is 422 g/mol. The summed E-state index contributed by atoms with van der Waals surface area (Å²) >= 11 is 6.34. The van der Waals surface area contributed by atoms with Crippen LogP contribution in [0.2, 0.25) is 5.02 Å². The number of halogens is 2. The molecule has 28 heavy (non-hydrogen) atoms. The Morgan fingerprint density at radius 1 is 1.11 bits per heavy atom. The van der Waals surface area contributed by atoms with E-state index in [1.807, 2.05) is 7.05 Å². The summed E-state index contributed by atoms with van der Waals surface area (Å²) in [5.74, 6) is -0.364. The molecule has 150 valence electrons. The molecule has 0 heterocycles. The smallest absolute Gasteiger partial charge is 0.255 e. The Morgan fingerprint density at radius 2 is 1.82 bits per heavy atom. The third-order valence-corrected chi connectivity index (χ3v) is 5.36. The highest BCUT2D eigenvalue weighted by molar-refractivity contribution is 6.34. The lowest BCUT2D eigenvalue weighted by atomic mass is 9.94. The monoisotopic (exact) mass is 421 g/mol. The van der Waals surface area contributed by atoms with Crippen LogP contribution in [0.25, 0.3) is 0 Å². The van der Waals surface area contributed by atoms with Crippen molar-refractivity contribution in [3.05, 3.63) is 58.6 Å². The van der Waals surface area contributed by atoms with Crippen molar-refractivity contribution in [3.63, 3.8) is 0 Å².